The molecule has 4 heteroatoms. The molecule has 0 radical (unpaired) electrons. The fourth-order valence-electron chi connectivity index (χ4n) is 1.87. The van der Waals surface area contributed by atoms with Gasteiger partial charge in [-0.05, 0) is 30.3 Å². The van der Waals surface area contributed by atoms with E-state index in [1.165, 1.54) is 0 Å². The SMILES string of the molecule is O=c1cccc(Sc2ccccc2)n1-c1ccccn1. The van der Waals surface area contributed by atoms with E-state index in [9.17, 15) is 4.79 Å². The normalized spacial score (nSPS) is 10.4. The van der Waals surface area contributed by atoms with Gasteiger partial charge in [-0.3, -0.25) is 9.36 Å². The van der Waals surface area contributed by atoms with Crippen LogP contribution in [-0.2, 0) is 0 Å². The second kappa shape index (κ2) is 5.75. The van der Waals surface area contributed by atoms with Crippen molar-refractivity contribution < 1.29 is 0 Å². The summed E-state index contributed by atoms with van der Waals surface area (Å²) in [6.07, 6.45) is 1.69. The lowest BCUT2D eigenvalue weighted by atomic mass is 10.4. The maximum atomic E-state index is 12.1. The molecule has 20 heavy (non-hydrogen) atoms. The van der Waals surface area contributed by atoms with Gasteiger partial charge >= 0.3 is 0 Å². The molecule has 0 saturated carbocycles. The molecule has 3 aromatic rings. The molecule has 0 unspecified atom stereocenters. The minimum Gasteiger partial charge on any atom is -0.269 e. The molecular weight excluding hydrogens is 268 g/mol. The van der Waals surface area contributed by atoms with Gasteiger partial charge in [0, 0.05) is 17.2 Å². The fraction of sp³-hybridized carbons (Fsp3) is 0. The van der Waals surface area contributed by atoms with Gasteiger partial charge in [-0.2, -0.15) is 0 Å². The van der Waals surface area contributed by atoms with E-state index in [0.29, 0.717) is 5.82 Å². The van der Waals surface area contributed by atoms with Crippen LogP contribution >= 0.6 is 11.8 Å². The van der Waals surface area contributed by atoms with Crippen LogP contribution in [0, 0.1) is 0 Å². The molecule has 0 spiro atoms. The standard InChI is InChI=1S/C16H12N2OS/c19-15-10-6-11-16(20-13-7-2-1-3-8-13)18(15)14-9-4-5-12-17-14/h1-12H. The Morgan fingerprint density at radius 3 is 2.40 bits per heavy atom. The van der Waals surface area contributed by atoms with Crippen molar-refractivity contribution in [2.24, 2.45) is 0 Å². The predicted molar refractivity (Wildman–Crippen MR) is 80.4 cm³/mol. The van der Waals surface area contributed by atoms with E-state index >= 15 is 0 Å². The van der Waals surface area contributed by atoms with E-state index in [0.717, 1.165) is 9.92 Å². The van der Waals surface area contributed by atoms with Gasteiger partial charge in [0.25, 0.3) is 5.56 Å². The molecule has 0 fully saturated rings. The van der Waals surface area contributed by atoms with Crippen molar-refractivity contribution in [1.29, 1.82) is 0 Å². The quantitative estimate of drug-likeness (QED) is 0.737. The van der Waals surface area contributed by atoms with Crippen LogP contribution in [0.5, 0.6) is 0 Å². The fourth-order valence-corrected chi connectivity index (χ4v) is 2.83. The Kier molecular flexibility index (Phi) is 3.65. The van der Waals surface area contributed by atoms with E-state index < -0.39 is 0 Å². The van der Waals surface area contributed by atoms with Crippen LogP contribution in [0.2, 0.25) is 0 Å². The van der Waals surface area contributed by atoms with Gasteiger partial charge in [-0.1, -0.05) is 42.1 Å². The van der Waals surface area contributed by atoms with Crippen molar-refractivity contribution in [1.82, 2.24) is 9.55 Å². The molecule has 0 aliphatic carbocycles. The van der Waals surface area contributed by atoms with Crippen LogP contribution in [0.4, 0.5) is 0 Å². The van der Waals surface area contributed by atoms with E-state index in [2.05, 4.69) is 4.98 Å². The molecule has 2 aromatic heterocycles. The van der Waals surface area contributed by atoms with Crippen LogP contribution in [-0.4, -0.2) is 9.55 Å². The van der Waals surface area contributed by atoms with Crippen LogP contribution in [0.1, 0.15) is 0 Å². The monoisotopic (exact) mass is 280 g/mol. The van der Waals surface area contributed by atoms with Gasteiger partial charge < -0.3 is 0 Å². The van der Waals surface area contributed by atoms with Crippen molar-refractivity contribution in [3.63, 3.8) is 0 Å². The van der Waals surface area contributed by atoms with E-state index in [4.69, 9.17) is 0 Å². The summed E-state index contributed by atoms with van der Waals surface area (Å²) in [4.78, 5) is 17.5. The zero-order valence-corrected chi connectivity index (χ0v) is 11.5. The summed E-state index contributed by atoms with van der Waals surface area (Å²) >= 11 is 1.55. The third kappa shape index (κ3) is 2.65. The summed E-state index contributed by atoms with van der Waals surface area (Å²) in [5.74, 6) is 0.636. The van der Waals surface area contributed by atoms with E-state index in [1.54, 1.807) is 34.7 Å². The lowest BCUT2D eigenvalue weighted by Crippen LogP contribution is -2.19. The third-order valence-electron chi connectivity index (χ3n) is 2.76. The van der Waals surface area contributed by atoms with Crippen LogP contribution in [0.25, 0.3) is 5.82 Å². The Labute approximate surface area is 120 Å². The smallest absolute Gasteiger partial charge is 0.257 e. The Morgan fingerprint density at radius 2 is 1.65 bits per heavy atom. The van der Waals surface area contributed by atoms with Gasteiger partial charge in [-0.15, -0.1) is 0 Å². The van der Waals surface area contributed by atoms with Crippen molar-refractivity contribution in [2.45, 2.75) is 9.92 Å². The molecule has 3 rings (SSSR count). The Bertz CT molecular complexity index is 754. The van der Waals surface area contributed by atoms with Crippen molar-refractivity contribution >= 4 is 11.8 Å². The highest BCUT2D eigenvalue weighted by molar-refractivity contribution is 7.99. The van der Waals surface area contributed by atoms with Gasteiger partial charge in [0.1, 0.15) is 5.82 Å². The lowest BCUT2D eigenvalue weighted by molar-refractivity contribution is 0.843. The summed E-state index contributed by atoms with van der Waals surface area (Å²) in [6, 6.07) is 20.8. The highest BCUT2D eigenvalue weighted by Gasteiger charge is 2.08. The first-order valence-electron chi connectivity index (χ1n) is 6.21. The minimum atomic E-state index is -0.0790. The highest BCUT2D eigenvalue weighted by atomic mass is 32.2. The predicted octanol–water partition coefficient (Wildman–Crippen LogP) is 3.38. The first kappa shape index (κ1) is 12.7. The number of benzene rings is 1. The zero-order valence-electron chi connectivity index (χ0n) is 10.6. The Hall–Kier alpha value is -2.33. The topological polar surface area (TPSA) is 34.9 Å². The summed E-state index contributed by atoms with van der Waals surface area (Å²) < 4.78 is 1.62. The number of aromatic nitrogens is 2. The number of hydrogen-bond donors (Lipinski definition) is 0. The maximum absolute atomic E-state index is 12.1. The molecule has 1 aromatic carbocycles. The zero-order chi connectivity index (χ0) is 13.8. The summed E-state index contributed by atoms with van der Waals surface area (Å²) in [7, 11) is 0. The number of pyridine rings is 2. The average molecular weight is 280 g/mol. The van der Waals surface area contributed by atoms with Gasteiger partial charge in [0.15, 0.2) is 0 Å². The summed E-state index contributed by atoms with van der Waals surface area (Å²) in [5, 5.41) is 0.849. The summed E-state index contributed by atoms with van der Waals surface area (Å²) in [6.45, 7) is 0. The molecule has 0 aliphatic heterocycles. The largest absolute Gasteiger partial charge is 0.269 e. The second-order valence-electron chi connectivity index (χ2n) is 4.14. The molecule has 0 N–H and O–H groups in total. The van der Waals surface area contributed by atoms with E-state index in [-0.39, 0.29) is 5.56 Å². The minimum absolute atomic E-state index is 0.0790. The lowest BCUT2D eigenvalue weighted by Gasteiger charge is -2.10. The molecule has 0 saturated heterocycles. The molecule has 3 nitrogen and oxygen atoms in total. The van der Waals surface area contributed by atoms with Crippen molar-refractivity contribution in [3.05, 3.63) is 83.3 Å². The molecular formula is C16H12N2OS. The maximum Gasteiger partial charge on any atom is 0.257 e. The number of nitrogens with zero attached hydrogens (tertiary/aromatic N) is 2. The number of hydrogen-bond acceptors (Lipinski definition) is 3. The molecule has 98 valence electrons. The molecule has 0 atom stereocenters. The molecule has 0 bridgehead atoms. The Morgan fingerprint density at radius 1 is 0.850 bits per heavy atom. The van der Waals surface area contributed by atoms with Crippen LogP contribution in [0.3, 0.4) is 0 Å². The Balaban J connectivity index is 2.08. The van der Waals surface area contributed by atoms with Crippen LogP contribution < -0.4 is 5.56 Å². The van der Waals surface area contributed by atoms with Crippen LogP contribution in [0.15, 0.2) is 87.6 Å². The molecule has 0 aliphatic rings. The van der Waals surface area contributed by atoms with Gasteiger partial charge in [-0.25, -0.2) is 4.98 Å². The second-order valence-corrected chi connectivity index (χ2v) is 5.23. The van der Waals surface area contributed by atoms with Gasteiger partial charge in [0.05, 0.1) is 5.03 Å². The number of rotatable bonds is 3. The average Bonchev–Trinajstić information content (AvgIpc) is 2.49. The van der Waals surface area contributed by atoms with Gasteiger partial charge in [0.2, 0.25) is 0 Å². The van der Waals surface area contributed by atoms with Crippen molar-refractivity contribution in [2.75, 3.05) is 0 Å². The highest BCUT2D eigenvalue weighted by Crippen LogP contribution is 2.27. The molecule has 0 amide bonds. The first-order chi connectivity index (χ1) is 9.84. The van der Waals surface area contributed by atoms with E-state index in [1.807, 2.05) is 54.6 Å². The summed E-state index contributed by atoms with van der Waals surface area (Å²) in [5.41, 5.74) is -0.0790. The third-order valence-corrected chi connectivity index (χ3v) is 3.80. The molecule has 2 heterocycles. The van der Waals surface area contributed by atoms with Crippen molar-refractivity contribution in [3.8, 4) is 5.82 Å². The first-order valence-corrected chi connectivity index (χ1v) is 7.02.